The number of aliphatic hydroxyl groups is 1. The Balaban J connectivity index is 1.60. The number of nitrogens with zero attached hydrogens (tertiary/aromatic N) is 1. The van der Waals surface area contributed by atoms with E-state index in [9.17, 15) is 18.3 Å². The Bertz CT molecular complexity index is 825. The zero-order valence-corrected chi connectivity index (χ0v) is 15.7. The van der Waals surface area contributed by atoms with Gasteiger partial charge in [-0.15, -0.1) is 0 Å². The first-order chi connectivity index (χ1) is 13.3. The Kier molecular flexibility index (Phi) is 6.10. The van der Waals surface area contributed by atoms with Crippen LogP contribution in [0.3, 0.4) is 0 Å². The summed E-state index contributed by atoms with van der Waals surface area (Å²) in [5.74, 6) is 0.802. The van der Waals surface area contributed by atoms with Gasteiger partial charge in [0.15, 0.2) is 0 Å². The lowest BCUT2D eigenvalue weighted by Gasteiger charge is -2.38. The summed E-state index contributed by atoms with van der Waals surface area (Å²) in [4.78, 5) is 2.17. The molecule has 1 N–H and O–H groups in total. The van der Waals surface area contributed by atoms with Gasteiger partial charge < -0.3 is 9.84 Å². The highest BCUT2D eigenvalue weighted by Gasteiger charge is 2.36. The van der Waals surface area contributed by atoms with Crippen LogP contribution in [0.15, 0.2) is 54.6 Å². The molecule has 3 rings (SSSR count). The largest absolute Gasteiger partial charge is 0.496 e. The Morgan fingerprint density at radius 2 is 1.82 bits per heavy atom. The smallest absolute Gasteiger partial charge is 0.416 e. The summed E-state index contributed by atoms with van der Waals surface area (Å²) in [7, 11) is 1.63. The molecule has 1 aliphatic rings. The van der Waals surface area contributed by atoms with Gasteiger partial charge in [0.05, 0.1) is 18.3 Å². The third-order valence-corrected chi connectivity index (χ3v) is 5.21. The molecule has 0 amide bonds. The summed E-state index contributed by atoms with van der Waals surface area (Å²) < 4.78 is 44.2. The second-order valence-corrected chi connectivity index (χ2v) is 7.06. The van der Waals surface area contributed by atoms with E-state index in [0.29, 0.717) is 38.0 Å². The van der Waals surface area contributed by atoms with Crippen molar-refractivity contribution in [1.82, 2.24) is 4.90 Å². The normalized spacial score (nSPS) is 17.8. The molecule has 3 nitrogen and oxygen atoms in total. The first-order valence-electron chi connectivity index (χ1n) is 9.24. The van der Waals surface area contributed by atoms with E-state index in [4.69, 9.17) is 4.74 Å². The molecule has 0 saturated carbocycles. The van der Waals surface area contributed by atoms with Gasteiger partial charge in [-0.05, 0) is 36.6 Å². The van der Waals surface area contributed by atoms with E-state index in [1.807, 2.05) is 36.4 Å². The summed E-state index contributed by atoms with van der Waals surface area (Å²) in [6, 6.07) is 12.8. The molecular weight excluding hydrogens is 367 g/mol. The summed E-state index contributed by atoms with van der Waals surface area (Å²) in [6.07, 6.45) is 0.420. The van der Waals surface area contributed by atoms with Crippen LogP contribution in [0.5, 0.6) is 5.75 Å². The number of halogens is 3. The number of benzene rings is 2. The molecule has 28 heavy (non-hydrogen) atoms. The molecule has 150 valence electrons. The van der Waals surface area contributed by atoms with Crippen molar-refractivity contribution in [2.75, 3.05) is 26.7 Å². The van der Waals surface area contributed by atoms with Gasteiger partial charge in [-0.1, -0.05) is 42.5 Å². The van der Waals surface area contributed by atoms with Gasteiger partial charge in [-0.2, -0.15) is 13.2 Å². The van der Waals surface area contributed by atoms with Crippen molar-refractivity contribution in [2.24, 2.45) is 0 Å². The molecule has 1 heterocycles. The molecular formula is C22H24F3NO2. The van der Waals surface area contributed by atoms with Crippen molar-refractivity contribution in [3.8, 4) is 5.75 Å². The number of hydrogen-bond acceptors (Lipinski definition) is 3. The number of methoxy groups -OCH3 is 1. The molecule has 1 aliphatic heterocycles. The van der Waals surface area contributed by atoms with E-state index in [0.717, 1.165) is 23.4 Å². The van der Waals surface area contributed by atoms with Crippen LogP contribution in [0.2, 0.25) is 0 Å². The molecule has 2 aromatic rings. The first-order valence-corrected chi connectivity index (χ1v) is 9.24. The topological polar surface area (TPSA) is 32.7 Å². The van der Waals surface area contributed by atoms with Crippen molar-refractivity contribution in [3.63, 3.8) is 0 Å². The predicted molar refractivity (Wildman–Crippen MR) is 103 cm³/mol. The molecule has 0 aliphatic carbocycles. The Morgan fingerprint density at radius 1 is 1.11 bits per heavy atom. The van der Waals surface area contributed by atoms with Gasteiger partial charge in [-0.25, -0.2) is 0 Å². The Morgan fingerprint density at radius 3 is 2.50 bits per heavy atom. The van der Waals surface area contributed by atoms with Gasteiger partial charge >= 0.3 is 6.18 Å². The van der Waals surface area contributed by atoms with Gasteiger partial charge in [0, 0.05) is 25.2 Å². The van der Waals surface area contributed by atoms with E-state index >= 15 is 0 Å². The number of hydrogen-bond donors (Lipinski definition) is 1. The van der Waals surface area contributed by atoms with Crippen molar-refractivity contribution in [3.05, 3.63) is 71.3 Å². The number of alkyl halides is 3. The van der Waals surface area contributed by atoms with E-state index < -0.39 is 17.3 Å². The average molecular weight is 391 g/mol. The van der Waals surface area contributed by atoms with Crippen LogP contribution < -0.4 is 4.74 Å². The molecule has 0 atom stereocenters. The minimum atomic E-state index is -4.41. The summed E-state index contributed by atoms with van der Waals surface area (Å²) >= 11 is 0. The van der Waals surface area contributed by atoms with Crippen LogP contribution in [0.25, 0.3) is 6.08 Å². The number of ether oxygens (including phenoxy) is 1. The maximum absolute atomic E-state index is 12.9. The zero-order chi connectivity index (χ0) is 20.2. The minimum absolute atomic E-state index is 0.339. The van der Waals surface area contributed by atoms with Crippen molar-refractivity contribution in [1.29, 1.82) is 0 Å². The van der Waals surface area contributed by atoms with Crippen LogP contribution in [-0.4, -0.2) is 36.8 Å². The van der Waals surface area contributed by atoms with E-state index in [1.165, 1.54) is 6.07 Å². The SMILES string of the molecule is COc1ccccc1C=CCN1CCC(O)(c2cccc(C(F)(F)F)c2)CC1. The fraction of sp³-hybridized carbons (Fsp3) is 0.364. The van der Waals surface area contributed by atoms with E-state index in [1.54, 1.807) is 13.2 Å². The predicted octanol–water partition coefficient (Wildman–Crippen LogP) is 4.71. The van der Waals surface area contributed by atoms with Crippen molar-refractivity contribution < 1.29 is 23.0 Å². The Hall–Kier alpha value is -2.31. The monoisotopic (exact) mass is 391 g/mol. The van der Waals surface area contributed by atoms with Gasteiger partial charge in [0.1, 0.15) is 5.75 Å². The Labute approximate surface area is 163 Å². The minimum Gasteiger partial charge on any atom is -0.496 e. The van der Waals surface area contributed by atoms with Crippen molar-refractivity contribution in [2.45, 2.75) is 24.6 Å². The fourth-order valence-electron chi connectivity index (χ4n) is 3.51. The quantitative estimate of drug-likeness (QED) is 0.801. The highest BCUT2D eigenvalue weighted by atomic mass is 19.4. The van der Waals surface area contributed by atoms with E-state index in [-0.39, 0.29) is 0 Å². The maximum atomic E-state index is 12.9. The third kappa shape index (κ3) is 4.75. The van der Waals surface area contributed by atoms with Crippen LogP contribution in [0.1, 0.15) is 29.5 Å². The van der Waals surface area contributed by atoms with Crippen molar-refractivity contribution >= 4 is 6.08 Å². The van der Waals surface area contributed by atoms with Gasteiger partial charge in [0.25, 0.3) is 0 Å². The lowest BCUT2D eigenvalue weighted by atomic mass is 9.83. The van der Waals surface area contributed by atoms with Gasteiger partial charge in [-0.3, -0.25) is 4.90 Å². The number of piperidine rings is 1. The molecule has 0 unspecified atom stereocenters. The average Bonchev–Trinajstić information content (AvgIpc) is 2.69. The summed E-state index contributed by atoms with van der Waals surface area (Å²) in [6.45, 7) is 1.93. The highest BCUT2D eigenvalue weighted by Crippen LogP contribution is 2.36. The van der Waals surface area contributed by atoms with Crippen LogP contribution in [-0.2, 0) is 11.8 Å². The van der Waals surface area contributed by atoms with Crippen LogP contribution in [0.4, 0.5) is 13.2 Å². The number of likely N-dealkylation sites (tertiary alicyclic amines) is 1. The standard InChI is InChI=1S/C22H24F3NO2/c1-28-20-10-3-2-6-17(20)7-5-13-26-14-11-21(27,12-15-26)18-8-4-9-19(16-18)22(23,24)25/h2-10,16,27H,11-15H2,1H3. The highest BCUT2D eigenvalue weighted by molar-refractivity contribution is 5.57. The van der Waals surface area contributed by atoms with Crippen LogP contribution in [0, 0.1) is 0 Å². The lowest BCUT2D eigenvalue weighted by Crippen LogP contribution is -2.42. The molecule has 1 saturated heterocycles. The molecule has 0 radical (unpaired) electrons. The third-order valence-electron chi connectivity index (χ3n) is 5.21. The molecule has 1 fully saturated rings. The second kappa shape index (κ2) is 8.37. The molecule has 0 bridgehead atoms. The molecule has 0 aromatic heterocycles. The molecule has 2 aromatic carbocycles. The zero-order valence-electron chi connectivity index (χ0n) is 15.7. The van der Waals surface area contributed by atoms with Gasteiger partial charge in [0.2, 0.25) is 0 Å². The molecule has 0 spiro atoms. The maximum Gasteiger partial charge on any atom is 0.416 e. The van der Waals surface area contributed by atoms with E-state index in [2.05, 4.69) is 4.90 Å². The summed E-state index contributed by atoms with van der Waals surface area (Å²) in [5.41, 5.74) is -0.612. The molecule has 6 heteroatoms. The van der Waals surface area contributed by atoms with Crippen LogP contribution >= 0.6 is 0 Å². The fourth-order valence-corrected chi connectivity index (χ4v) is 3.51. The number of para-hydroxylation sites is 1. The summed E-state index contributed by atoms with van der Waals surface area (Å²) in [5, 5.41) is 10.9. The first kappa shape index (κ1) is 20.4. The lowest BCUT2D eigenvalue weighted by molar-refractivity contribution is -0.137. The second-order valence-electron chi connectivity index (χ2n) is 7.06. The number of rotatable bonds is 5.